The first-order valence-electron chi connectivity index (χ1n) is 6.28. The fourth-order valence-corrected chi connectivity index (χ4v) is 2.26. The van der Waals surface area contributed by atoms with E-state index in [1.807, 2.05) is 6.92 Å². The lowest BCUT2D eigenvalue weighted by Crippen LogP contribution is -2.48. The molecular formula is C13H18ClN3O3. The summed E-state index contributed by atoms with van der Waals surface area (Å²) in [5.74, 6) is 0.185. The summed E-state index contributed by atoms with van der Waals surface area (Å²) in [5.41, 5.74) is 6.39. The molecule has 2 rings (SSSR count). The molecule has 2 atom stereocenters. The molecule has 0 spiro atoms. The molecule has 7 heteroatoms. The Morgan fingerprint density at radius 2 is 2.00 bits per heavy atom. The van der Waals surface area contributed by atoms with Crippen LogP contribution in [-0.2, 0) is 0 Å². The van der Waals surface area contributed by atoms with Gasteiger partial charge in [-0.3, -0.25) is 14.9 Å². The largest absolute Gasteiger partial charge is 0.338 e. The van der Waals surface area contributed by atoms with Crippen molar-refractivity contribution < 1.29 is 9.72 Å². The van der Waals surface area contributed by atoms with Crippen LogP contribution in [0.5, 0.6) is 0 Å². The number of carbonyl (C=O) groups excluding carboxylic acids is 1. The molecule has 1 amide bonds. The smallest absolute Gasteiger partial charge is 0.269 e. The van der Waals surface area contributed by atoms with Crippen LogP contribution in [0.25, 0.3) is 0 Å². The van der Waals surface area contributed by atoms with E-state index in [2.05, 4.69) is 0 Å². The Labute approximate surface area is 123 Å². The van der Waals surface area contributed by atoms with E-state index in [1.54, 1.807) is 4.90 Å². The van der Waals surface area contributed by atoms with Crippen LogP contribution in [0.3, 0.4) is 0 Å². The summed E-state index contributed by atoms with van der Waals surface area (Å²) in [6, 6.07) is 5.85. The number of piperidine rings is 1. The molecule has 1 aromatic rings. The average molecular weight is 300 g/mol. The maximum Gasteiger partial charge on any atom is 0.269 e. The lowest BCUT2D eigenvalue weighted by molar-refractivity contribution is -0.384. The van der Waals surface area contributed by atoms with Crippen molar-refractivity contribution in [1.29, 1.82) is 0 Å². The van der Waals surface area contributed by atoms with Crippen LogP contribution in [-0.4, -0.2) is 34.9 Å². The number of benzene rings is 1. The summed E-state index contributed by atoms with van der Waals surface area (Å²) < 4.78 is 0. The van der Waals surface area contributed by atoms with Gasteiger partial charge in [0.2, 0.25) is 0 Å². The normalized spacial score (nSPS) is 22.0. The quantitative estimate of drug-likeness (QED) is 0.666. The van der Waals surface area contributed by atoms with Gasteiger partial charge in [-0.2, -0.15) is 0 Å². The molecule has 0 aromatic heterocycles. The Hall–Kier alpha value is -1.66. The second-order valence-electron chi connectivity index (χ2n) is 4.98. The number of nitrogens with zero attached hydrogens (tertiary/aromatic N) is 2. The van der Waals surface area contributed by atoms with Crippen molar-refractivity contribution in [3.8, 4) is 0 Å². The SMILES string of the molecule is CC1CN(C(=O)c2ccc([N+](=O)[O-])cc2)CCC1N.Cl. The van der Waals surface area contributed by atoms with Crippen molar-refractivity contribution in [2.45, 2.75) is 19.4 Å². The van der Waals surface area contributed by atoms with Gasteiger partial charge in [0.1, 0.15) is 0 Å². The summed E-state index contributed by atoms with van der Waals surface area (Å²) in [7, 11) is 0. The van der Waals surface area contributed by atoms with E-state index in [0.717, 1.165) is 6.42 Å². The molecule has 6 nitrogen and oxygen atoms in total. The lowest BCUT2D eigenvalue weighted by atomic mass is 9.94. The Morgan fingerprint density at radius 1 is 1.40 bits per heavy atom. The van der Waals surface area contributed by atoms with Crippen molar-refractivity contribution in [2.75, 3.05) is 13.1 Å². The average Bonchev–Trinajstić information content (AvgIpc) is 2.41. The van der Waals surface area contributed by atoms with E-state index in [-0.39, 0.29) is 36.0 Å². The van der Waals surface area contributed by atoms with Crippen LogP contribution in [0.15, 0.2) is 24.3 Å². The van der Waals surface area contributed by atoms with Crippen molar-refractivity contribution in [3.05, 3.63) is 39.9 Å². The molecule has 1 heterocycles. The van der Waals surface area contributed by atoms with Crippen LogP contribution in [0, 0.1) is 16.0 Å². The minimum absolute atomic E-state index is 0. The number of nitrogens with two attached hydrogens (primary N) is 1. The number of carbonyl (C=O) groups is 1. The second-order valence-corrected chi connectivity index (χ2v) is 4.98. The summed E-state index contributed by atoms with van der Waals surface area (Å²) in [6.45, 7) is 3.30. The number of amides is 1. The predicted molar refractivity (Wildman–Crippen MR) is 78.0 cm³/mol. The van der Waals surface area contributed by atoms with Crippen LogP contribution >= 0.6 is 12.4 Å². The van der Waals surface area contributed by atoms with E-state index in [4.69, 9.17) is 5.73 Å². The molecule has 2 unspecified atom stereocenters. The summed E-state index contributed by atoms with van der Waals surface area (Å²) in [6.07, 6.45) is 0.792. The first-order chi connectivity index (χ1) is 8.99. The number of nitro groups is 1. The molecule has 110 valence electrons. The Balaban J connectivity index is 0.00000200. The zero-order valence-electron chi connectivity index (χ0n) is 11.2. The topological polar surface area (TPSA) is 89.5 Å². The molecule has 1 fully saturated rings. The fourth-order valence-electron chi connectivity index (χ4n) is 2.26. The van der Waals surface area contributed by atoms with Gasteiger partial charge in [-0.15, -0.1) is 12.4 Å². The number of hydrogen-bond acceptors (Lipinski definition) is 4. The zero-order valence-corrected chi connectivity index (χ0v) is 12.0. The standard InChI is InChI=1S/C13H17N3O3.ClH/c1-9-8-15(7-6-12(9)14)13(17)10-2-4-11(5-3-10)16(18)19;/h2-5,9,12H,6-8,14H2,1H3;1H. The maximum atomic E-state index is 12.2. The third-order valence-electron chi connectivity index (χ3n) is 3.58. The Morgan fingerprint density at radius 3 is 2.50 bits per heavy atom. The molecule has 0 aliphatic carbocycles. The van der Waals surface area contributed by atoms with Crippen molar-refractivity contribution >= 4 is 24.0 Å². The first-order valence-corrected chi connectivity index (χ1v) is 6.28. The van der Waals surface area contributed by atoms with Gasteiger partial charge in [0, 0.05) is 36.8 Å². The summed E-state index contributed by atoms with van der Waals surface area (Å²) >= 11 is 0. The van der Waals surface area contributed by atoms with Gasteiger partial charge in [-0.25, -0.2) is 0 Å². The Kier molecular flexibility index (Phi) is 5.47. The molecule has 0 radical (unpaired) electrons. The summed E-state index contributed by atoms with van der Waals surface area (Å²) in [4.78, 5) is 24.1. The third kappa shape index (κ3) is 3.46. The van der Waals surface area contributed by atoms with Crippen molar-refractivity contribution in [2.24, 2.45) is 11.7 Å². The van der Waals surface area contributed by atoms with Gasteiger partial charge < -0.3 is 10.6 Å². The minimum Gasteiger partial charge on any atom is -0.338 e. The fraction of sp³-hybridized carbons (Fsp3) is 0.462. The maximum absolute atomic E-state index is 12.2. The van der Waals surface area contributed by atoms with Gasteiger partial charge in [-0.05, 0) is 24.5 Å². The lowest BCUT2D eigenvalue weighted by Gasteiger charge is -2.35. The minimum atomic E-state index is -0.476. The van der Waals surface area contributed by atoms with Gasteiger partial charge in [0.05, 0.1) is 4.92 Å². The van der Waals surface area contributed by atoms with E-state index in [9.17, 15) is 14.9 Å². The molecule has 0 bridgehead atoms. The number of nitro benzene ring substituents is 1. The monoisotopic (exact) mass is 299 g/mol. The van der Waals surface area contributed by atoms with Gasteiger partial charge in [0.25, 0.3) is 11.6 Å². The molecule has 1 saturated heterocycles. The molecule has 1 aromatic carbocycles. The number of rotatable bonds is 2. The van der Waals surface area contributed by atoms with E-state index in [0.29, 0.717) is 18.7 Å². The highest BCUT2D eigenvalue weighted by atomic mass is 35.5. The Bertz CT molecular complexity index is 492. The molecular weight excluding hydrogens is 282 g/mol. The van der Waals surface area contributed by atoms with Crippen LogP contribution in [0.1, 0.15) is 23.7 Å². The molecule has 1 aliphatic rings. The predicted octanol–water partition coefficient (Wildman–Crippen LogP) is 1.83. The van der Waals surface area contributed by atoms with E-state index in [1.165, 1.54) is 24.3 Å². The number of likely N-dealkylation sites (tertiary alicyclic amines) is 1. The van der Waals surface area contributed by atoms with Crippen molar-refractivity contribution in [1.82, 2.24) is 4.90 Å². The number of non-ortho nitro benzene ring substituents is 1. The van der Waals surface area contributed by atoms with Crippen molar-refractivity contribution in [3.63, 3.8) is 0 Å². The van der Waals surface area contributed by atoms with Crippen LogP contribution in [0.4, 0.5) is 5.69 Å². The zero-order chi connectivity index (χ0) is 14.0. The highest BCUT2D eigenvalue weighted by Crippen LogP contribution is 2.19. The first kappa shape index (κ1) is 16.4. The third-order valence-corrected chi connectivity index (χ3v) is 3.58. The highest BCUT2D eigenvalue weighted by Gasteiger charge is 2.26. The van der Waals surface area contributed by atoms with Gasteiger partial charge in [-0.1, -0.05) is 6.92 Å². The number of hydrogen-bond donors (Lipinski definition) is 1. The molecule has 0 saturated carbocycles. The number of halogens is 1. The highest BCUT2D eigenvalue weighted by molar-refractivity contribution is 5.94. The van der Waals surface area contributed by atoms with E-state index >= 15 is 0 Å². The van der Waals surface area contributed by atoms with Crippen LogP contribution in [0.2, 0.25) is 0 Å². The van der Waals surface area contributed by atoms with Gasteiger partial charge in [0.15, 0.2) is 0 Å². The van der Waals surface area contributed by atoms with E-state index < -0.39 is 4.92 Å². The molecule has 1 aliphatic heterocycles. The second kappa shape index (κ2) is 6.67. The molecule has 20 heavy (non-hydrogen) atoms. The summed E-state index contributed by atoms with van der Waals surface area (Å²) in [5, 5.41) is 10.6. The van der Waals surface area contributed by atoms with Gasteiger partial charge >= 0.3 is 0 Å². The molecule has 2 N–H and O–H groups in total. The van der Waals surface area contributed by atoms with Crippen LogP contribution < -0.4 is 5.73 Å².